The number of carbonyl (C=O) groups is 1. The number of halogens is 3. The molecule has 34 heavy (non-hydrogen) atoms. The fraction of sp³-hybridized carbons (Fsp3) is 0.182. The zero-order chi connectivity index (χ0) is 24.6. The van der Waals surface area contributed by atoms with Crippen molar-refractivity contribution in [1.82, 2.24) is 10.3 Å². The molecule has 0 saturated carbocycles. The van der Waals surface area contributed by atoms with Crippen LogP contribution in [0.5, 0.6) is 5.75 Å². The summed E-state index contributed by atoms with van der Waals surface area (Å²) >= 11 is 4.84. The number of H-pyrrole nitrogens is 1. The number of aromatic nitrogens is 1. The summed E-state index contributed by atoms with van der Waals surface area (Å²) in [5.74, 6) is -0.842. The van der Waals surface area contributed by atoms with Crippen molar-refractivity contribution in [2.75, 3.05) is 6.54 Å². The molecule has 0 atom stereocenters. The normalized spacial score (nSPS) is 11.6. The third kappa shape index (κ3) is 4.84. The Bertz CT molecular complexity index is 1490. The summed E-state index contributed by atoms with van der Waals surface area (Å²) < 4.78 is 35.5. The Morgan fingerprint density at radius 3 is 2.74 bits per heavy atom. The van der Waals surface area contributed by atoms with Crippen LogP contribution in [0.4, 0.5) is 14.5 Å². The molecule has 4 rings (SSSR count). The number of nitro groups is 1. The molecule has 12 heteroatoms. The van der Waals surface area contributed by atoms with Gasteiger partial charge in [0.15, 0.2) is 0 Å². The summed E-state index contributed by atoms with van der Waals surface area (Å²) in [6.07, 6.45) is 0.308. The van der Waals surface area contributed by atoms with E-state index < -0.39 is 22.0 Å². The smallest absolute Gasteiger partial charge is 0.422 e. The molecule has 9 nitrogen and oxygen atoms in total. The van der Waals surface area contributed by atoms with Crippen LogP contribution < -0.4 is 15.7 Å². The number of hydrogen-bond donors (Lipinski definition) is 2. The molecule has 0 bridgehead atoms. The fourth-order valence-electron chi connectivity index (χ4n) is 3.66. The summed E-state index contributed by atoms with van der Waals surface area (Å²) in [5.41, 5.74) is -2.94. The predicted octanol–water partition coefficient (Wildman–Crippen LogP) is 4.63. The molecule has 0 saturated heterocycles. The van der Waals surface area contributed by atoms with Crippen LogP contribution in [0.25, 0.3) is 21.9 Å². The number of alkyl halides is 3. The van der Waals surface area contributed by atoms with E-state index in [0.29, 0.717) is 17.3 Å². The van der Waals surface area contributed by atoms with Crippen LogP contribution in [0.15, 0.2) is 51.7 Å². The number of non-ortho nitro benzene ring substituents is 1. The number of fused-ring (bicyclic) bond motifs is 2. The number of aryl methyl sites for hydroxylation is 1. The van der Waals surface area contributed by atoms with Gasteiger partial charge in [-0.05, 0) is 49.2 Å². The second-order valence-corrected chi connectivity index (χ2v) is 7.86. The molecular formula is C22H16ClF2N3O6. The molecule has 2 heterocycles. The summed E-state index contributed by atoms with van der Waals surface area (Å²) in [5, 5.41) is 14.4. The maximum Gasteiger partial charge on any atom is 0.487 e. The van der Waals surface area contributed by atoms with Crippen LogP contribution in [0.3, 0.4) is 0 Å². The molecular weight excluding hydrogens is 476 g/mol. The van der Waals surface area contributed by atoms with Gasteiger partial charge in [-0.2, -0.15) is 0 Å². The molecule has 0 aliphatic carbocycles. The van der Waals surface area contributed by atoms with Crippen molar-refractivity contribution < 1.29 is 27.7 Å². The van der Waals surface area contributed by atoms with Gasteiger partial charge in [0.1, 0.15) is 16.9 Å². The number of ether oxygens (including phenoxy) is 1. The van der Waals surface area contributed by atoms with Crippen LogP contribution in [0.1, 0.15) is 21.6 Å². The maximum absolute atomic E-state index is 13.0. The zero-order valence-corrected chi connectivity index (χ0v) is 18.2. The number of carbonyl (C=O) groups excluding carboxylic acids is 1. The highest BCUT2D eigenvalue weighted by atomic mass is 35.5. The lowest BCUT2D eigenvalue weighted by molar-refractivity contribution is -0.384. The van der Waals surface area contributed by atoms with Crippen molar-refractivity contribution in [1.29, 1.82) is 0 Å². The minimum absolute atomic E-state index is 0.107. The average molecular weight is 492 g/mol. The van der Waals surface area contributed by atoms with Gasteiger partial charge in [0.2, 0.25) is 0 Å². The van der Waals surface area contributed by atoms with Crippen LogP contribution in [-0.4, -0.2) is 27.9 Å². The molecule has 0 spiro atoms. The Labute approximate surface area is 194 Å². The topological polar surface area (TPSA) is 127 Å². The highest BCUT2D eigenvalue weighted by molar-refractivity contribution is 6.20. The molecule has 2 aromatic heterocycles. The first-order valence-corrected chi connectivity index (χ1v) is 10.3. The number of rotatable bonds is 7. The summed E-state index contributed by atoms with van der Waals surface area (Å²) in [6.45, 7) is 1.90. The van der Waals surface area contributed by atoms with E-state index >= 15 is 0 Å². The zero-order valence-electron chi connectivity index (χ0n) is 17.5. The molecule has 1 amide bonds. The SMILES string of the molecule is Cc1[nH]c2ccc(OC(F)(F)Cl)cc2c1CCNC(=O)c1cc2cc([N+](=O)[O-])ccc2oc1=O. The Hall–Kier alpha value is -3.99. The average Bonchev–Trinajstić information content (AvgIpc) is 3.06. The standard InChI is InChI=1S/C22H16ClF2N3O6/c1-11-15(16-10-14(34-22(23,24)25)3-4-18(16)27-11)6-7-26-20(29)17-9-12-8-13(28(31)32)2-5-19(12)33-21(17)30/h2-5,8-10,27H,6-7H2,1H3,(H,26,29). The number of benzene rings is 2. The van der Waals surface area contributed by atoms with Gasteiger partial charge in [-0.1, -0.05) is 0 Å². The summed E-state index contributed by atoms with van der Waals surface area (Å²) in [7, 11) is 0. The Kier molecular flexibility index (Phi) is 5.96. The summed E-state index contributed by atoms with van der Waals surface area (Å²) in [6, 6.07) is 9.25. The number of nitro benzene ring substituents is 1. The number of hydrogen-bond acceptors (Lipinski definition) is 6. The molecule has 0 radical (unpaired) electrons. The van der Waals surface area contributed by atoms with E-state index in [1.165, 1.54) is 36.4 Å². The molecule has 176 valence electrons. The van der Waals surface area contributed by atoms with Crippen molar-refractivity contribution in [3.05, 3.63) is 79.8 Å². The lowest BCUT2D eigenvalue weighted by Crippen LogP contribution is -2.30. The molecule has 0 aliphatic heterocycles. The van der Waals surface area contributed by atoms with Gasteiger partial charge in [0, 0.05) is 52.3 Å². The van der Waals surface area contributed by atoms with Gasteiger partial charge < -0.3 is 19.5 Å². The first kappa shape index (κ1) is 23.2. The number of nitrogens with zero attached hydrogens (tertiary/aromatic N) is 1. The number of nitrogens with one attached hydrogen (secondary N) is 2. The quantitative estimate of drug-likeness (QED) is 0.168. The van der Waals surface area contributed by atoms with E-state index in [1.54, 1.807) is 13.0 Å². The van der Waals surface area contributed by atoms with E-state index in [9.17, 15) is 28.5 Å². The van der Waals surface area contributed by atoms with Gasteiger partial charge in [-0.3, -0.25) is 14.9 Å². The molecule has 2 aromatic carbocycles. The van der Waals surface area contributed by atoms with Crippen LogP contribution >= 0.6 is 11.6 Å². The van der Waals surface area contributed by atoms with E-state index in [2.05, 4.69) is 15.0 Å². The van der Waals surface area contributed by atoms with E-state index in [0.717, 1.165) is 11.3 Å². The van der Waals surface area contributed by atoms with Gasteiger partial charge in [0.25, 0.3) is 11.6 Å². The third-order valence-electron chi connectivity index (χ3n) is 5.16. The van der Waals surface area contributed by atoms with Crippen molar-refractivity contribution in [2.24, 2.45) is 0 Å². The lowest BCUT2D eigenvalue weighted by Gasteiger charge is -2.11. The highest BCUT2D eigenvalue weighted by Gasteiger charge is 2.28. The minimum Gasteiger partial charge on any atom is -0.422 e. The fourth-order valence-corrected chi connectivity index (χ4v) is 3.75. The van der Waals surface area contributed by atoms with Crippen molar-refractivity contribution in [3.8, 4) is 5.75 Å². The Balaban J connectivity index is 1.52. The molecule has 0 unspecified atom stereocenters. The highest BCUT2D eigenvalue weighted by Crippen LogP contribution is 2.30. The maximum atomic E-state index is 13.0. The van der Waals surface area contributed by atoms with E-state index in [4.69, 9.17) is 16.0 Å². The summed E-state index contributed by atoms with van der Waals surface area (Å²) in [4.78, 5) is 38.3. The predicted molar refractivity (Wildman–Crippen MR) is 120 cm³/mol. The second-order valence-electron chi connectivity index (χ2n) is 7.42. The largest absolute Gasteiger partial charge is 0.487 e. The van der Waals surface area contributed by atoms with E-state index in [-0.39, 0.29) is 34.5 Å². The van der Waals surface area contributed by atoms with Crippen LogP contribution in [-0.2, 0) is 6.42 Å². The molecule has 0 fully saturated rings. The van der Waals surface area contributed by atoms with Gasteiger partial charge in [-0.15, -0.1) is 8.78 Å². The number of aromatic amines is 1. The van der Waals surface area contributed by atoms with Crippen molar-refractivity contribution in [2.45, 2.75) is 18.9 Å². The van der Waals surface area contributed by atoms with Crippen molar-refractivity contribution in [3.63, 3.8) is 0 Å². The minimum atomic E-state index is -3.85. The van der Waals surface area contributed by atoms with Gasteiger partial charge >= 0.3 is 11.2 Å². The van der Waals surface area contributed by atoms with Crippen molar-refractivity contribution >= 4 is 45.1 Å². The Morgan fingerprint density at radius 2 is 2.03 bits per heavy atom. The molecule has 4 aromatic rings. The monoisotopic (exact) mass is 491 g/mol. The van der Waals surface area contributed by atoms with E-state index in [1.807, 2.05) is 0 Å². The van der Waals surface area contributed by atoms with Gasteiger partial charge in [-0.25, -0.2) is 4.79 Å². The molecule has 2 N–H and O–H groups in total. The lowest BCUT2D eigenvalue weighted by atomic mass is 10.1. The molecule has 0 aliphatic rings. The first-order valence-electron chi connectivity index (χ1n) is 9.89. The third-order valence-corrected chi connectivity index (χ3v) is 5.23. The van der Waals surface area contributed by atoms with Crippen LogP contribution in [0.2, 0.25) is 0 Å². The first-order chi connectivity index (χ1) is 16.0. The number of amides is 1. The van der Waals surface area contributed by atoms with Crippen LogP contribution in [0, 0.1) is 17.0 Å². The Morgan fingerprint density at radius 1 is 1.26 bits per heavy atom. The second kappa shape index (κ2) is 8.75. The van der Waals surface area contributed by atoms with Gasteiger partial charge in [0.05, 0.1) is 4.92 Å².